The molecular formula is C26H22N4O3. The second-order valence-electron chi connectivity index (χ2n) is 7.53. The number of aromatic nitrogens is 4. The van der Waals surface area contributed by atoms with E-state index in [4.69, 9.17) is 14.5 Å². The van der Waals surface area contributed by atoms with Crippen LogP contribution in [0.5, 0.6) is 11.5 Å². The Bertz CT molecular complexity index is 1450. The lowest BCUT2D eigenvalue weighted by molar-refractivity contribution is 0.414. The van der Waals surface area contributed by atoms with Gasteiger partial charge in [-0.15, -0.1) is 0 Å². The lowest BCUT2D eigenvalue weighted by Crippen LogP contribution is -2.24. The quantitative estimate of drug-likeness (QED) is 0.395. The van der Waals surface area contributed by atoms with E-state index in [1.54, 1.807) is 29.7 Å². The van der Waals surface area contributed by atoms with Crippen molar-refractivity contribution in [3.63, 3.8) is 0 Å². The molecule has 3 aromatic carbocycles. The van der Waals surface area contributed by atoms with E-state index >= 15 is 0 Å². The molecule has 0 fully saturated rings. The number of hydrogen-bond donors (Lipinski definition) is 0. The van der Waals surface area contributed by atoms with Gasteiger partial charge in [0.15, 0.2) is 5.65 Å². The zero-order valence-corrected chi connectivity index (χ0v) is 18.3. The molecule has 0 bridgehead atoms. The van der Waals surface area contributed by atoms with Crippen molar-refractivity contribution in [2.45, 2.75) is 6.54 Å². The van der Waals surface area contributed by atoms with Gasteiger partial charge in [0.1, 0.15) is 22.7 Å². The Kier molecular flexibility index (Phi) is 5.36. The van der Waals surface area contributed by atoms with E-state index in [1.165, 1.54) is 0 Å². The zero-order valence-electron chi connectivity index (χ0n) is 18.3. The Morgan fingerprint density at radius 2 is 1.45 bits per heavy atom. The molecule has 0 N–H and O–H groups in total. The van der Waals surface area contributed by atoms with Crippen molar-refractivity contribution in [1.82, 2.24) is 19.3 Å². The van der Waals surface area contributed by atoms with Gasteiger partial charge < -0.3 is 9.47 Å². The molecule has 5 aromatic rings. The molecule has 0 radical (unpaired) electrons. The Balaban J connectivity index is 1.71. The number of hydrogen-bond acceptors (Lipinski definition) is 5. The fraction of sp³-hybridized carbons (Fsp3) is 0.115. The van der Waals surface area contributed by atoms with Gasteiger partial charge in [-0.1, -0.05) is 30.3 Å². The molecule has 0 aliphatic heterocycles. The first-order chi connectivity index (χ1) is 16.2. The van der Waals surface area contributed by atoms with E-state index in [1.807, 2.05) is 78.9 Å². The van der Waals surface area contributed by atoms with Crippen molar-refractivity contribution >= 4 is 11.0 Å². The van der Waals surface area contributed by atoms with Crippen LogP contribution in [0.2, 0.25) is 0 Å². The molecule has 2 heterocycles. The Labute approximate surface area is 190 Å². The lowest BCUT2D eigenvalue weighted by atomic mass is 10.1. The molecule has 7 heteroatoms. The Morgan fingerprint density at radius 1 is 0.818 bits per heavy atom. The lowest BCUT2D eigenvalue weighted by Gasteiger charge is -2.14. The molecule has 0 saturated carbocycles. The predicted molar refractivity (Wildman–Crippen MR) is 127 cm³/mol. The summed E-state index contributed by atoms with van der Waals surface area (Å²) >= 11 is 0. The summed E-state index contributed by atoms with van der Waals surface area (Å²) in [5.41, 5.74) is 2.98. The number of fused-ring (bicyclic) bond motifs is 1. The molecule has 0 amide bonds. The topological polar surface area (TPSA) is 71.2 Å². The first-order valence-corrected chi connectivity index (χ1v) is 10.5. The van der Waals surface area contributed by atoms with E-state index < -0.39 is 0 Å². The smallest absolute Gasteiger partial charge is 0.265 e. The van der Waals surface area contributed by atoms with Gasteiger partial charge in [0, 0.05) is 5.56 Å². The third kappa shape index (κ3) is 3.85. The molecule has 0 aliphatic rings. The van der Waals surface area contributed by atoms with Crippen molar-refractivity contribution in [2.24, 2.45) is 0 Å². The highest BCUT2D eigenvalue weighted by molar-refractivity contribution is 5.78. The van der Waals surface area contributed by atoms with Gasteiger partial charge >= 0.3 is 0 Å². The molecule has 2 aromatic heterocycles. The number of para-hydroxylation sites is 1. The fourth-order valence-electron chi connectivity index (χ4n) is 3.78. The standard InChI is InChI=1S/C26H22N4O3/c1-32-21-12-8-18(9-13-21)17-29-24(19-10-14-22(33-2)15-11-19)28-25-23(26(29)31)16-27-30(25)20-6-4-3-5-7-20/h3-16H,17H2,1-2H3. The highest BCUT2D eigenvalue weighted by Gasteiger charge is 2.18. The van der Waals surface area contributed by atoms with Crippen LogP contribution in [0.1, 0.15) is 5.56 Å². The van der Waals surface area contributed by atoms with E-state index in [0.29, 0.717) is 23.4 Å². The van der Waals surface area contributed by atoms with Crippen molar-refractivity contribution in [2.75, 3.05) is 14.2 Å². The summed E-state index contributed by atoms with van der Waals surface area (Å²) in [7, 11) is 3.25. The number of ether oxygens (including phenoxy) is 2. The minimum absolute atomic E-state index is 0.149. The van der Waals surface area contributed by atoms with Crippen LogP contribution in [0.4, 0.5) is 0 Å². The summed E-state index contributed by atoms with van der Waals surface area (Å²) in [5.74, 6) is 2.06. The van der Waals surface area contributed by atoms with Crippen LogP contribution in [0.15, 0.2) is 89.9 Å². The fourth-order valence-corrected chi connectivity index (χ4v) is 3.78. The molecule has 5 rings (SSSR count). The molecule has 0 aliphatic carbocycles. The second kappa shape index (κ2) is 8.63. The first-order valence-electron chi connectivity index (χ1n) is 10.5. The summed E-state index contributed by atoms with van der Waals surface area (Å²) in [6.07, 6.45) is 1.58. The number of benzene rings is 3. The number of methoxy groups -OCH3 is 2. The zero-order chi connectivity index (χ0) is 22.8. The van der Waals surface area contributed by atoms with Gasteiger partial charge in [0.05, 0.1) is 32.6 Å². The van der Waals surface area contributed by atoms with Crippen LogP contribution >= 0.6 is 0 Å². The normalized spacial score (nSPS) is 11.0. The van der Waals surface area contributed by atoms with Crippen molar-refractivity contribution in [1.29, 1.82) is 0 Å². The maximum Gasteiger partial charge on any atom is 0.265 e. The third-order valence-corrected chi connectivity index (χ3v) is 5.54. The van der Waals surface area contributed by atoms with Gasteiger partial charge in [-0.3, -0.25) is 9.36 Å². The number of nitrogens with zero attached hydrogens (tertiary/aromatic N) is 4. The second-order valence-corrected chi connectivity index (χ2v) is 7.53. The molecule has 164 valence electrons. The summed E-state index contributed by atoms with van der Waals surface area (Å²) in [6, 6.07) is 24.8. The maximum atomic E-state index is 13.6. The van der Waals surface area contributed by atoms with Crippen LogP contribution in [0.25, 0.3) is 28.1 Å². The van der Waals surface area contributed by atoms with Crippen LogP contribution in [-0.2, 0) is 6.54 Å². The third-order valence-electron chi connectivity index (χ3n) is 5.54. The molecule has 0 unspecified atom stereocenters. The van der Waals surface area contributed by atoms with Crippen LogP contribution in [-0.4, -0.2) is 33.6 Å². The van der Waals surface area contributed by atoms with E-state index in [0.717, 1.165) is 28.3 Å². The number of rotatable bonds is 6. The van der Waals surface area contributed by atoms with E-state index in [9.17, 15) is 4.79 Å². The van der Waals surface area contributed by atoms with Crippen LogP contribution < -0.4 is 15.0 Å². The largest absolute Gasteiger partial charge is 0.497 e. The van der Waals surface area contributed by atoms with Gasteiger partial charge in [0.25, 0.3) is 5.56 Å². The highest BCUT2D eigenvalue weighted by atomic mass is 16.5. The predicted octanol–water partition coefficient (Wildman–Crippen LogP) is 4.31. The molecule has 7 nitrogen and oxygen atoms in total. The Morgan fingerprint density at radius 3 is 2.09 bits per heavy atom. The first kappa shape index (κ1) is 20.5. The molecule has 0 spiro atoms. The molecule has 0 atom stereocenters. The van der Waals surface area contributed by atoms with Crippen LogP contribution in [0, 0.1) is 0 Å². The monoisotopic (exact) mass is 438 g/mol. The highest BCUT2D eigenvalue weighted by Crippen LogP contribution is 2.24. The van der Waals surface area contributed by atoms with Crippen molar-refractivity contribution in [3.05, 3.63) is 101 Å². The minimum atomic E-state index is -0.149. The van der Waals surface area contributed by atoms with Gasteiger partial charge in [0.2, 0.25) is 0 Å². The maximum absolute atomic E-state index is 13.6. The average molecular weight is 438 g/mol. The summed E-state index contributed by atoms with van der Waals surface area (Å²) in [6.45, 7) is 0.365. The van der Waals surface area contributed by atoms with Gasteiger partial charge in [-0.25, -0.2) is 9.67 Å². The summed E-state index contributed by atoms with van der Waals surface area (Å²) in [4.78, 5) is 18.6. The van der Waals surface area contributed by atoms with Gasteiger partial charge in [-0.2, -0.15) is 5.10 Å². The average Bonchev–Trinajstić information content (AvgIpc) is 3.31. The molecular weight excluding hydrogens is 416 g/mol. The van der Waals surface area contributed by atoms with Crippen molar-refractivity contribution < 1.29 is 9.47 Å². The van der Waals surface area contributed by atoms with E-state index in [-0.39, 0.29) is 5.56 Å². The summed E-state index contributed by atoms with van der Waals surface area (Å²) < 4.78 is 13.9. The molecule has 0 saturated heterocycles. The summed E-state index contributed by atoms with van der Waals surface area (Å²) in [5, 5.41) is 4.93. The minimum Gasteiger partial charge on any atom is -0.497 e. The van der Waals surface area contributed by atoms with E-state index in [2.05, 4.69) is 5.10 Å². The Hall–Kier alpha value is -4.39. The van der Waals surface area contributed by atoms with Gasteiger partial charge in [-0.05, 0) is 54.1 Å². The van der Waals surface area contributed by atoms with Crippen molar-refractivity contribution in [3.8, 4) is 28.6 Å². The SMILES string of the molecule is COc1ccc(Cn2c(-c3ccc(OC)cc3)nc3c(cnn3-c3ccccc3)c2=O)cc1. The van der Waals surface area contributed by atoms with Crippen LogP contribution in [0.3, 0.4) is 0 Å². The molecule has 33 heavy (non-hydrogen) atoms.